The lowest BCUT2D eigenvalue weighted by atomic mass is 10.1. The number of rotatable bonds is 2. The van der Waals surface area contributed by atoms with Crippen molar-refractivity contribution in [2.75, 3.05) is 32.8 Å². The number of ether oxygens (including phenoxy) is 1. The minimum Gasteiger partial charge on any atom is -0.450 e. The summed E-state index contributed by atoms with van der Waals surface area (Å²) in [4.78, 5) is 31.3. The summed E-state index contributed by atoms with van der Waals surface area (Å²) in [5.74, 6) is -0.0286. The van der Waals surface area contributed by atoms with Crippen LogP contribution in [-0.4, -0.2) is 59.6 Å². The summed E-state index contributed by atoms with van der Waals surface area (Å²) in [6, 6.07) is 1.82. The van der Waals surface area contributed by atoms with Crippen molar-refractivity contribution in [1.82, 2.24) is 14.8 Å². The molecule has 0 bridgehead atoms. The van der Waals surface area contributed by atoms with E-state index in [4.69, 9.17) is 4.74 Å². The summed E-state index contributed by atoms with van der Waals surface area (Å²) in [6.07, 6.45) is 2.96. The topological polar surface area (TPSA) is 62.7 Å². The van der Waals surface area contributed by atoms with Crippen molar-refractivity contribution in [3.8, 4) is 0 Å². The van der Waals surface area contributed by atoms with Crippen LogP contribution in [0.3, 0.4) is 0 Å². The molecule has 1 aromatic heterocycles. The average Bonchev–Trinajstić information content (AvgIpc) is 2.47. The fraction of sp³-hybridized carbons (Fsp3) is 0.500. The molecular weight excluding hydrogens is 258 g/mol. The Morgan fingerprint density at radius 2 is 1.90 bits per heavy atom. The van der Waals surface area contributed by atoms with E-state index in [0.29, 0.717) is 38.3 Å². The molecular formula is C14H19N3O3. The number of aryl methyl sites for hydroxylation is 1. The highest BCUT2D eigenvalue weighted by Gasteiger charge is 2.26. The van der Waals surface area contributed by atoms with E-state index in [1.165, 1.54) is 0 Å². The summed E-state index contributed by atoms with van der Waals surface area (Å²) >= 11 is 0. The van der Waals surface area contributed by atoms with Gasteiger partial charge in [0.25, 0.3) is 5.91 Å². The van der Waals surface area contributed by atoms with E-state index < -0.39 is 0 Å². The molecule has 0 spiro atoms. The Morgan fingerprint density at radius 3 is 2.50 bits per heavy atom. The molecule has 1 aliphatic rings. The molecule has 108 valence electrons. The first-order chi connectivity index (χ1) is 9.63. The van der Waals surface area contributed by atoms with E-state index in [9.17, 15) is 9.59 Å². The summed E-state index contributed by atoms with van der Waals surface area (Å²) in [7, 11) is 0. The third-order valence-electron chi connectivity index (χ3n) is 3.36. The van der Waals surface area contributed by atoms with Crippen LogP contribution in [0.5, 0.6) is 0 Å². The normalized spacial score (nSPS) is 15.1. The van der Waals surface area contributed by atoms with Gasteiger partial charge in [-0.25, -0.2) is 4.79 Å². The fourth-order valence-electron chi connectivity index (χ4n) is 2.17. The maximum atomic E-state index is 12.4. The zero-order valence-electron chi connectivity index (χ0n) is 11.8. The van der Waals surface area contributed by atoms with Crippen molar-refractivity contribution in [2.24, 2.45) is 0 Å². The first kappa shape index (κ1) is 14.3. The van der Waals surface area contributed by atoms with Crippen molar-refractivity contribution in [1.29, 1.82) is 0 Å². The van der Waals surface area contributed by atoms with Gasteiger partial charge < -0.3 is 14.5 Å². The second-order valence-electron chi connectivity index (χ2n) is 4.67. The van der Waals surface area contributed by atoms with Crippen LogP contribution >= 0.6 is 0 Å². The van der Waals surface area contributed by atoms with E-state index >= 15 is 0 Å². The number of hydrogen-bond acceptors (Lipinski definition) is 4. The van der Waals surface area contributed by atoms with Gasteiger partial charge in [-0.2, -0.15) is 0 Å². The molecule has 0 saturated carbocycles. The van der Waals surface area contributed by atoms with Gasteiger partial charge in [-0.1, -0.05) is 0 Å². The van der Waals surface area contributed by atoms with Crippen molar-refractivity contribution in [2.45, 2.75) is 13.8 Å². The first-order valence-corrected chi connectivity index (χ1v) is 6.75. The van der Waals surface area contributed by atoms with E-state index in [2.05, 4.69) is 4.98 Å². The van der Waals surface area contributed by atoms with Crippen molar-refractivity contribution in [3.05, 3.63) is 29.6 Å². The highest BCUT2D eigenvalue weighted by atomic mass is 16.6. The monoisotopic (exact) mass is 277 g/mol. The third kappa shape index (κ3) is 3.07. The predicted octanol–water partition coefficient (Wildman–Crippen LogP) is 1.30. The fourth-order valence-corrected chi connectivity index (χ4v) is 2.17. The number of hydrogen-bond donors (Lipinski definition) is 0. The standard InChI is InChI=1S/C14H19N3O3/c1-3-20-14(19)17-8-6-16(7-9-17)13(18)12-10-15-5-4-11(12)2/h4-5,10H,3,6-9H2,1-2H3. The van der Waals surface area contributed by atoms with Crippen LogP contribution in [-0.2, 0) is 4.74 Å². The zero-order chi connectivity index (χ0) is 14.5. The Balaban J connectivity index is 1.96. The number of piperazine rings is 1. The van der Waals surface area contributed by atoms with Gasteiger partial charge in [0, 0.05) is 38.6 Å². The second kappa shape index (κ2) is 6.36. The molecule has 0 aliphatic carbocycles. The minimum atomic E-state index is -0.308. The summed E-state index contributed by atoms with van der Waals surface area (Å²) < 4.78 is 4.95. The number of amides is 2. The second-order valence-corrected chi connectivity index (χ2v) is 4.67. The van der Waals surface area contributed by atoms with Crippen molar-refractivity contribution in [3.63, 3.8) is 0 Å². The van der Waals surface area contributed by atoms with Crippen molar-refractivity contribution >= 4 is 12.0 Å². The first-order valence-electron chi connectivity index (χ1n) is 6.75. The number of aromatic nitrogens is 1. The Kier molecular flexibility index (Phi) is 4.55. The highest BCUT2D eigenvalue weighted by Crippen LogP contribution is 2.12. The molecule has 0 radical (unpaired) electrons. The molecule has 1 aliphatic heterocycles. The molecule has 0 atom stereocenters. The molecule has 1 aromatic rings. The van der Waals surface area contributed by atoms with Crippen LogP contribution in [0.2, 0.25) is 0 Å². The molecule has 2 amide bonds. The molecule has 0 aromatic carbocycles. The summed E-state index contributed by atoms with van der Waals surface area (Å²) in [5, 5.41) is 0. The molecule has 2 heterocycles. The van der Waals surface area contributed by atoms with Gasteiger partial charge in [0.1, 0.15) is 0 Å². The maximum Gasteiger partial charge on any atom is 0.409 e. The van der Waals surface area contributed by atoms with Crippen molar-refractivity contribution < 1.29 is 14.3 Å². The van der Waals surface area contributed by atoms with Crippen LogP contribution in [0.4, 0.5) is 4.79 Å². The van der Waals surface area contributed by atoms with Crippen LogP contribution in [0, 0.1) is 6.92 Å². The summed E-state index contributed by atoms with van der Waals surface area (Å²) in [6.45, 7) is 6.09. The lowest BCUT2D eigenvalue weighted by molar-refractivity contribution is 0.0569. The quantitative estimate of drug-likeness (QED) is 0.817. The largest absolute Gasteiger partial charge is 0.450 e. The number of nitrogens with zero attached hydrogens (tertiary/aromatic N) is 3. The molecule has 1 saturated heterocycles. The Labute approximate surface area is 118 Å². The van der Waals surface area contributed by atoms with E-state index in [1.54, 1.807) is 29.1 Å². The van der Waals surface area contributed by atoms with E-state index in [-0.39, 0.29) is 12.0 Å². The van der Waals surface area contributed by atoms with Gasteiger partial charge in [0.15, 0.2) is 0 Å². The number of carbonyl (C=O) groups excluding carboxylic acids is 2. The summed E-state index contributed by atoms with van der Waals surface area (Å²) in [5.41, 5.74) is 1.54. The number of carbonyl (C=O) groups is 2. The molecule has 6 nitrogen and oxygen atoms in total. The lowest BCUT2D eigenvalue weighted by Crippen LogP contribution is -2.50. The number of pyridine rings is 1. The van der Waals surface area contributed by atoms with Crippen LogP contribution in [0.1, 0.15) is 22.8 Å². The van der Waals surface area contributed by atoms with Gasteiger partial charge in [-0.3, -0.25) is 9.78 Å². The maximum absolute atomic E-state index is 12.4. The molecule has 2 rings (SSSR count). The van der Waals surface area contributed by atoms with E-state index in [0.717, 1.165) is 5.56 Å². The van der Waals surface area contributed by atoms with Gasteiger partial charge in [-0.15, -0.1) is 0 Å². The Hall–Kier alpha value is -2.11. The van der Waals surface area contributed by atoms with Crippen LogP contribution < -0.4 is 0 Å². The smallest absolute Gasteiger partial charge is 0.409 e. The van der Waals surface area contributed by atoms with Gasteiger partial charge in [0.05, 0.1) is 12.2 Å². The Morgan fingerprint density at radius 1 is 1.25 bits per heavy atom. The molecule has 1 fully saturated rings. The SMILES string of the molecule is CCOC(=O)N1CCN(C(=O)c2cnccc2C)CC1. The average molecular weight is 277 g/mol. The van der Waals surface area contributed by atoms with Gasteiger partial charge in [0.2, 0.25) is 0 Å². The third-order valence-corrected chi connectivity index (χ3v) is 3.36. The molecule has 20 heavy (non-hydrogen) atoms. The van der Waals surface area contributed by atoms with Gasteiger partial charge >= 0.3 is 6.09 Å². The lowest BCUT2D eigenvalue weighted by Gasteiger charge is -2.34. The molecule has 0 N–H and O–H groups in total. The van der Waals surface area contributed by atoms with Crippen LogP contribution in [0.15, 0.2) is 18.5 Å². The van der Waals surface area contributed by atoms with E-state index in [1.807, 2.05) is 13.0 Å². The molecule has 0 unspecified atom stereocenters. The molecule has 6 heteroatoms. The predicted molar refractivity (Wildman–Crippen MR) is 73.5 cm³/mol. The Bertz CT molecular complexity index is 496. The zero-order valence-corrected chi connectivity index (χ0v) is 11.8. The van der Waals surface area contributed by atoms with Gasteiger partial charge in [-0.05, 0) is 25.5 Å². The minimum absolute atomic E-state index is 0.0286. The van der Waals surface area contributed by atoms with Crippen LogP contribution in [0.25, 0.3) is 0 Å². The highest BCUT2D eigenvalue weighted by molar-refractivity contribution is 5.95.